The van der Waals surface area contributed by atoms with E-state index in [1.165, 1.54) is 25.7 Å². The summed E-state index contributed by atoms with van der Waals surface area (Å²) in [6.07, 6.45) is 2.86. The molecule has 0 unspecified atom stereocenters. The molecule has 0 aliphatic rings. The second kappa shape index (κ2) is 7.50. The van der Waals surface area contributed by atoms with Crippen molar-refractivity contribution in [2.24, 2.45) is 5.10 Å². The molecule has 2 rings (SSSR count). The summed E-state index contributed by atoms with van der Waals surface area (Å²) in [7, 11) is 1.49. The number of carbonyl (C=O) groups is 1. The highest BCUT2D eigenvalue weighted by atomic mass is 16.5. The van der Waals surface area contributed by atoms with E-state index in [1.54, 1.807) is 24.3 Å². The van der Waals surface area contributed by atoms with Crippen LogP contribution in [-0.4, -0.2) is 25.8 Å². The molecule has 0 saturated heterocycles. The largest absolute Gasteiger partial charge is 0.493 e. The van der Waals surface area contributed by atoms with Gasteiger partial charge in [0.05, 0.1) is 19.6 Å². The molecule has 7 heteroatoms. The number of rotatable bonds is 6. The van der Waals surface area contributed by atoms with E-state index >= 15 is 0 Å². The van der Waals surface area contributed by atoms with Gasteiger partial charge in [0, 0.05) is 0 Å². The van der Waals surface area contributed by atoms with E-state index in [2.05, 4.69) is 10.5 Å². The normalized spacial score (nSPS) is 10.2. The number of hydrazone groups is 1. The smallest absolute Gasteiger partial charge is 0.307 e. The highest BCUT2D eigenvalue weighted by Crippen LogP contribution is 2.27. The number of hydrogen-bond acceptors (Lipinski definition) is 6. The number of nitrogens with zero attached hydrogens (tertiary/aromatic N) is 2. The maximum absolute atomic E-state index is 11.6. The summed E-state index contributed by atoms with van der Waals surface area (Å²) in [4.78, 5) is 11.6. The zero-order chi connectivity index (χ0) is 15.8. The molecule has 1 aromatic heterocycles. The van der Waals surface area contributed by atoms with Crippen molar-refractivity contribution in [1.82, 2.24) is 5.43 Å². The van der Waals surface area contributed by atoms with Gasteiger partial charge in [-0.25, -0.2) is 5.43 Å². The van der Waals surface area contributed by atoms with Crippen LogP contribution in [-0.2, 0) is 0 Å². The predicted octanol–water partition coefficient (Wildman–Crippen LogP) is 1.95. The summed E-state index contributed by atoms with van der Waals surface area (Å²) in [5, 5.41) is 12.3. The molecule has 0 aliphatic carbocycles. The third-order valence-corrected chi connectivity index (χ3v) is 2.60. The summed E-state index contributed by atoms with van der Waals surface area (Å²) in [5.74, 6) is 0.662. The van der Waals surface area contributed by atoms with Crippen LogP contribution >= 0.6 is 0 Å². The third-order valence-electron chi connectivity index (χ3n) is 2.60. The van der Waals surface area contributed by atoms with Crippen molar-refractivity contribution in [3.8, 4) is 17.6 Å². The monoisotopic (exact) mass is 299 g/mol. The van der Waals surface area contributed by atoms with Crippen LogP contribution in [0.4, 0.5) is 0 Å². The molecule has 0 radical (unpaired) electrons. The second-order valence-electron chi connectivity index (χ2n) is 4.03. The molecule has 1 aromatic carbocycles. The summed E-state index contributed by atoms with van der Waals surface area (Å²) < 4.78 is 15.3. The number of ether oxygens (including phenoxy) is 2. The Labute approximate surface area is 126 Å². The number of methoxy groups -OCH3 is 1. The van der Waals surface area contributed by atoms with Gasteiger partial charge in [0.25, 0.3) is 0 Å². The number of amides is 1. The Hall–Kier alpha value is -3.27. The van der Waals surface area contributed by atoms with Crippen LogP contribution in [0.25, 0.3) is 0 Å². The lowest BCUT2D eigenvalue weighted by Gasteiger charge is -2.08. The summed E-state index contributed by atoms with van der Waals surface area (Å²) in [6.45, 7) is -0.0665. The fraction of sp³-hybridized carbons (Fsp3) is 0.133. The summed E-state index contributed by atoms with van der Waals surface area (Å²) in [5.41, 5.74) is 3.04. The molecule has 2 aromatic rings. The Bertz CT molecular complexity index is 702. The Kier molecular flexibility index (Phi) is 5.15. The summed E-state index contributed by atoms with van der Waals surface area (Å²) in [6, 6.07) is 10.1. The van der Waals surface area contributed by atoms with E-state index < -0.39 is 5.91 Å². The third kappa shape index (κ3) is 3.86. The molecule has 7 nitrogen and oxygen atoms in total. The highest BCUT2D eigenvalue weighted by Gasteiger charge is 2.07. The molecule has 0 aliphatic heterocycles. The lowest BCUT2D eigenvalue weighted by molar-refractivity contribution is 0.0927. The number of nitriles is 1. The van der Waals surface area contributed by atoms with Crippen molar-refractivity contribution in [1.29, 1.82) is 5.26 Å². The van der Waals surface area contributed by atoms with Gasteiger partial charge < -0.3 is 13.9 Å². The molecule has 22 heavy (non-hydrogen) atoms. The van der Waals surface area contributed by atoms with Gasteiger partial charge >= 0.3 is 5.91 Å². The predicted molar refractivity (Wildman–Crippen MR) is 77.9 cm³/mol. The van der Waals surface area contributed by atoms with Crippen LogP contribution in [0, 0.1) is 11.3 Å². The van der Waals surface area contributed by atoms with Gasteiger partial charge in [0.2, 0.25) is 0 Å². The first-order valence-electron chi connectivity index (χ1n) is 6.29. The lowest BCUT2D eigenvalue weighted by atomic mass is 10.2. The van der Waals surface area contributed by atoms with Crippen LogP contribution in [0.2, 0.25) is 0 Å². The molecular weight excluding hydrogens is 286 g/mol. The lowest BCUT2D eigenvalue weighted by Crippen LogP contribution is -2.16. The SMILES string of the molecule is COc1cc(/C=N/NC(=O)c2ccco2)ccc1OCC#N. The van der Waals surface area contributed by atoms with Crippen molar-refractivity contribution >= 4 is 12.1 Å². The van der Waals surface area contributed by atoms with Gasteiger partial charge in [-0.3, -0.25) is 4.79 Å². The van der Waals surface area contributed by atoms with E-state index in [9.17, 15) is 4.79 Å². The molecule has 0 fully saturated rings. The number of nitrogens with one attached hydrogen (secondary N) is 1. The minimum atomic E-state index is -0.442. The first-order chi connectivity index (χ1) is 10.7. The van der Waals surface area contributed by atoms with Crippen molar-refractivity contribution in [2.75, 3.05) is 13.7 Å². The molecule has 0 spiro atoms. The van der Waals surface area contributed by atoms with Crippen molar-refractivity contribution in [3.63, 3.8) is 0 Å². The Morgan fingerprint density at radius 3 is 3.00 bits per heavy atom. The van der Waals surface area contributed by atoms with Crippen LogP contribution in [0.1, 0.15) is 16.1 Å². The van der Waals surface area contributed by atoms with E-state index in [-0.39, 0.29) is 12.4 Å². The maximum atomic E-state index is 11.6. The second-order valence-corrected chi connectivity index (χ2v) is 4.03. The molecule has 0 atom stereocenters. The molecule has 0 saturated carbocycles. The van der Waals surface area contributed by atoms with Gasteiger partial charge in [-0.1, -0.05) is 0 Å². The zero-order valence-corrected chi connectivity index (χ0v) is 11.8. The number of benzene rings is 1. The van der Waals surface area contributed by atoms with Crippen molar-refractivity contribution in [2.45, 2.75) is 0 Å². The fourth-order valence-corrected chi connectivity index (χ4v) is 1.62. The first-order valence-corrected chi connectivity index (χ1v) is 6.29. The Morgan fingerprint density at radius 1 is 1.45 bits per heavy atom. The van der Waals surface area contributed by atoms with Crippen LogP contribution in [0.15, 0.2) is 46.1 Å². The molecule has 112 valence electrons. The van der Waals surface area contributed by atoms with Gasteiger partial charge in [-0.05, 0) is 35.9 Å². The average molecular weight is 299 g/mol. The topological polar surface area (TPSA) is 96.8 Å². The number of hydrogen-bond donors (Lipinski definition) is 1. The average Bonchev–Trinajstić information content (AvgIpc) is 3.07. The van der Waals surface area contributed by atoms with Crippen LogP contribution in [0.3, 0.4) is 0 Å². The van der Waals surface area contributed by atoms with E-state index in [1.807, 2.05) is 6.07 Å². The molecular formula is C15H13N3O4. The number of furan rings is 1. The zero-order valence-electron chi connectivity index (χ0n) is 11.8. The fourth-order valence-electron chi connectivity index (χ4n) is 1.62. The Balaban J connectivity index is 2.02. The van der Waals surface area contributed by atoms with Crippen molar-refractivity contribution < 1.29 is 18.7 Å². The minimum absolute atomic E-state index is 0.0665. The van der Waals surface area contributed by atoms with Gasteiger partial charge in [-0.2, -0.15) is 10.4 Å². The van der Waals surface area contributed by atoms with E-state index in [0.717, 1.165) is 0 Å². The number of carbonyl (C=O) groups excluding carboxylic acids is 1. The van der Waals surface area contributed by atoms with E-state index in [4.69, 9.17) is 19.2 Å². The molecule has 1 amide bonds. The molecule has 1 N–H and O–H groups in total. The standard InChI is InChI=1S/C15H13N3O4/c1-20-14-9-11(4-5-12(14)22-8-6-16)10-17-18-15(19)13-3-2-7-21-13/h2-5,7,9-10H,8H2,1H3,(H,18,19)/b17-10+. The molecule has 0 bridgehead atoms. The van der Waals surface area contributed by atoms with Crippen LogP contribution < -0.4 is 14.9 Å². The minimum Gasteiger partial charge on any atom is -0.493 e. The summed E-state index contributed by atoms with van der Waals surface area (Å²) >= 11 is 0. The Morgan fingerprint density at radius 2 is 2.32 bits per heavy atom. The maximum Gasteiger partial charge on any atom is 0.307 e. The van der Waals surface area contributed by atoms with Crippen molar-refractivity contribution in [3.05, 3.63) is 47.9 Å². The molecule has 1 heterocycles. The quantitative estimate of drug-likeness (QED) is 0.649. The van der Waals surface area contributed by atoms with Gasteiger partial charge in [0.15, 0.2) is 23.9 Å². The van der Waals surface area contributed by atoms with Gasteiger partial charge in [0.1, 0.15) is 6.07 Å². The highest BCUT2D eigenvalue weighted by molar-refractivity contribution is 5.92. The van der Waals surface area contributed by atoms with E-state index in [0.29, 0.717) is 17.1 Å². The van der Waals surface area contributed by atoms with Gasteiger partial charge in [-0.15, -0.1) is 0 Å². The van der Waals surface area contributed by atoms with Crippen LogP contribution in [0.5, 0.6) is 11.5 Å². The first kappa shape index (κ1) is 15.1.